The summed E-state index contributed by atoms with van der Waals surface area (Å²) in [5.74, 6) is 0. The molecule has 0 aromatic heterocycles. The summed E-state index contributed by atoms with van der Waals surface area (Å²) < 4.78 is 24.3. The molecule has 90 valence electrons. The second-order valence-corrected chi connectivity index (χ2v) is 4.13. The molecule has 0 heterocycles. The minimum atomic E-state index is -2.31. The van der Waals surface area contributed by atoms with E-state index in [2.05, 4.69) is 5.32 Å². The first-order valence-electron chi connectivity index (χ1n) is 5.40. The lowest BCUT2D eigenvalue weighted by Crippen LogP contribution is -2.26. The van der Waals surface area contributed by atoms with Crippen LogP contribution in [0.4, 0.5) is 8.78 Å². The molecule has 0 radical (unpaired) electrons. The highest BCUT2D eigenvalue weighted by atomic mass is 35.5. The Bertz CT molecular complexity index is 300. The lowest BCUT2D eigenvalue weighted by molar-refractivity contribution is 0.140. The number of nitrogens with one attached hydrogen (secondary N) is 1. The normalized spacial score (nSPS) is 13.1. The van der Waals surface area contributed by atoms with Crippen LogP contribution >= 0.6 is 11.6 Å². The fourth-order valence-corrected chi connectivity index (χ4v) is 1.73. The number of rotatable bonds is 6. The third-order valence-corrected chi connectivity index (χ3v) is 2.62. The zero-order valence-electron chi connectivity index (χ0n) is 9.22. The minimum absolute atomic E-state index is 0.0173. The van der Waals surface area contributed by atoms with Gasteiger partial charge in [-0.15, -0.1) is 0 Å². The first-order valence-corrected chi connectivity index (χ1v) is 5.78. The van der Waals surface area contributed by atoms with E-state index >= 15 is 0 Å². The monoisotopic (exact) mass is 247 g/mol. The number of hydrogen-bond acceptors (Lipinski definition) is 1. The summed E-state index contributed by atoms with van der Waals surface area (Å²) >= 11 is 5.78. The molecule has 0 aliphatic rings. The molecule has 4 heteroatoms. The van der Waals surface area contributed by atoms with Crippen LogP contribution in [0.3, 0.4) is 0 Å². The summed E-state index contributed by atoms with van der Waals surface area (Å²) in [5, 5.41) is 3.52. The lowest BCUT2D eigenvalue weighted by atomic mass is 10.0. The van der Waals surface area contributed by atoms with E-state index in [1.807, 2.05) is 19.1 Å². The summed E-state index contributed by atoms with van der Waals surface area (Å²) in [7, 11) is 0. The van der Waals surface area contributed by atoms with Crippen molar-refractivity contribution in [2.24, 2.45) is 0 Å². The average Bonchev–Trinajstić information content (AvgIpc) is 2.25. The molecule has 16 heavy (non-hydrogen) atoms. The predicted octanol–water partition coefficient (Wildman–Crippen LogP) is 4.04. The van der Waals surface area contributed by atoms with Crippen molar-refractivity contribution in [3.8, 4) is 0 Å². The Labute approximate surface area is 99.8 Å². The van der Waals surface area contributed by atoms with Gasteiger partial charge < -0.3 is 5.32 Å². The van der Waals surface area contributed by atoms with E-state index in [-0.39, 0.29) is 12.6 Å². The molecular formula is C12H16ClF2N. The van der Waals surface area contributed by atoms with Gasteiger partial charge in [-0.05, 0) is 24.1 Å². The molecule has 1 atom stereocenters. The fraction of sp³-hybridized carbons (Fsp3) is 0.500. The van der Waals surface area contributed by atoms with Crippen molar-refractivity contribution in [2.75, 3.05) is 6.54 Å². The van der Waals surface area contributed by atoms with Crippen molar-refractivity contribution < 1.29 is 8.78 Å². The number of benzene rings is 1. The molecule has 0 fully saturated rings. The summed E-state index contributed by atoms with van der Waals surface area (Å²) in [4.78, 5) is 0. The van der Waals surface area contributed by atoms with E-state index in [1.54, 1.807) is 12.1 Å². The maximum absolute atomic E-state index is 12.1. The zero-order valence-corrected chi connectivity index (χ0v) is 9.98. The maximum Gasteiger partial charge on any atom is 0.250 e. The van der Waals surface area contributed by atoms with Gasteiger partial charge in [0, 0.05) is 11.1 Å². The second-order valence-electron chi connectivity index (χ2n) is 3.69. The van der Waals surface area contributed by atoms with Crippen LogP contribution in [0.15, 0.2) is 24.3 Å². The van der Waals surface area contributed by atoms with E-state index in [9.17, 15) is 8.78 Å². The molecule has 0 spiro atoms. The van der Waals surface area contributed by atoms with Crippen LogP contribution in [-0.4, -0.2) is 13.0 Å². The summed E-state index contributed by atoms with van der Waals surface area (Å²) in [6.07, 6.45) is -0.524. The van der Waals surface area contributed by atoms with Crippen molar-refractivity contribution >= 4 is 11.6 Å². The van der Waals surface area contributed by atoms with Gasteiger partial charge >= 0.3 is 0 Å². The van der Waals surface area contributed by atoms with Crippen molar-refractivity contribution in [3.63, 3.8) is 0 Å². The summed E-state index contributed by atoms with van der Waals surface area (Å²) in [5.41, 5.74) is 1.01. The molecule has 1 unspecified atom stereocenters. The van der Waals surface area contributed by atoms with Gasteiger partial charge in [0.15, 0.2) is 0 Å². The Kier molecular flexibility index (Phi) is 5.71. The van der Waals surface area contributed by atoms with Gasteiger partial charge in [-0.25, -0.2) is 8.78 Å². The van der Waals surface area contributed by atoms with Gasteiger partial charge in [-0.1, -0.05) is 37.1 Å². The van der Waals surface area contributed by atoms with E-state index in [0.717, 1.165) is 18.4 Å². The van der Waals surface area contributed by atoms with Crippen molar-refractivity contribution in [1.29, 1.82) is 0 Å². The molecule has 1 aromatic carbocycles. The molecule has 0 bridgehead atoms. The quantitative estimate of drug-likeness (QED) is 0.800. The molecule has 0 aliphatic carbocycles. The minimum Gasteiger partial charge on any atom is -0.305 e. The molecule has 1 rings (SSSR count). The van der Waals surface area contributed by atoms with Crippen LogP contribution in [0.25, 0.3) is 0 Å². The van der Waals surface area contributed by atoms with Crippen LogP contribution in [0.1, 0.15) is 31.4 Å². The summed E-state index contributed by atoms with van der Waals surface area (Å²) in [6, 6.07) is 7.30. The molecular weight excluding hydrogens is 232 g/mol. The smallest absolute Gasteiger partial charge is 0.250 e. The van der Waals surface area contributed by atoms with Gasteiger partial charge in [-0.2, -0.15) is 0 Å². The molecule has 1 nitrogen and oxygen atoms in total. The number of halogens is 3. The van der Waals surface area contributed by atoms with Gasteiger partial charge in [0.05, 0.1) is 6.54 Å². The van der Waals surface area contributed by atoms with Gasteiger partial charge in [0.1, 0.15) is 0 Å². The SMILES string of the molecule is CCCC(NCC(F)F)c1ccc(Cl)cc1. The molecule has 0 saturated heterocycles. The highest BCUT2D eigenvalue weighted by molar-refractivity contribution is 6.30. The average molecular weight is 248 g/mol. The highest BCUT2D eigenvalue weighted by Crippen LogP contribution is 2.20. The Morgan fingerprint density at radius 3 is 2.38 bits per heavy atom. The van der Waals surface area contributed by atoms with Gasteiger partial charge in [0.25, 0.3) is 6.43 Å². The largest absolute Gasteiger partial charge is 0.305 e. The van der Waals surface area contributed by atoms with Gasteiger partial charge in [0.2, 0.25) is 0 Å². The third kappa shape index (κ3) is 4.45. The standard InChI is InChI=1S/C12H16ClF2N/c1-2-3-11(16-8-12(14)15)9-4-6-10(13)7-5-9/h4-7,11-12,16H,2-3,8H2,1H3. The van der Waals surface area contributed by atoms with Gasteiger partial charge in [-0.3, -0.25) is 0 Å². The maximum atomic E-state index is 12.1. The highest BCUT2D eigenvalue weighted by Gasteiger charge is 2.12. The van der Waals surface area contributed by atoms with E-state index in [0.29, 0.717) is 5.02 Å². The van der Waals surface area contributed by atoms with Crippen LogP contribution in [0.5, 0.6) is 0 Å². The Morgan fingerprint density at radius 2 is 1.88 bits per heavy atom. The van der Waals surface area contributed by atoms with Crippen LogP contribution in [0, 0.1) is 0 Å². The molecule has 0 amide bonds. The Morgan fingerprint density at radius 1 is 1.25 bits per heavy atom. The topological polar surface area (TPSA) is 12.0 Å². The number of alkyl halides is 2. The molecule has 1 aromatic rings. The van der Waals surface area contributed by atoms with Crippen LogP contribution in [0.2, 0.25) is 5.02 Å². The molecule has 0 saturated carbocycles. The molecule has 0 aliphatic heterocycles. The first kappa shape index (κ1) is 13.4. The Hall–Kier alpha value is -0.670. The zero-order chi connectivity index (χ0) is 12.0. The Balaban J connectivity index is 2.64. The van der Waals surface area contributed by atoms with Crippen molar-refractivity contribution in [2.45, 2.75) is 32.2 Å². The fourth-order valence-electron chi connectivity index (χ4n) is 1.60. The van der Waals surface area contributed by atoms with E-state index in [4.69, 9.17) is 11.6 Å². The second kappa shape index (κ2) is 6.81. The van der Waals surface area contributed by atoms with Crippen molar-refractivity contribution in [3.05, 3.63) is 34.9 Å². The van der Waals surface area contributed by atoms with Crippen LogP contribution < -0.4 is 5.32 Å². The third-order valence-electron chi connectivity index (χ3n) is 2.37. The lowest BCUT2D eigenvalue weighted by Gasteiger charge is -2.18. The summed E-state index contributed by atoms with van der Waals surface area (Å²) in [6.45, 7) is 1.76. The molecule has 1 N–H and O–H groups in total. The van der Waals surface area contributed by atoms with Crippen LogP contribution in [-0.2, 0) is 0 Å². The van der Waals surface area contributed by atoms with Crippen molar-refractivity contribution in [1.82, 2.24) is 5.32 Å². The predicted molar refractivity (Wildman–Crippen MR) is 63.1 cm³/mol. The van der Waals surface area contributed by atoms with E-state index < -0.39 is 6.43 Å². The number of hydrogen-bond donors (Lipinski definition) is 1. The van der Waals surface area contributed by atoms with E-state index in [1.165, 1.54) is 0 Å². The first-order chi connectivity index (χ1) is 7.63.